The zero-order valence-corrected chi connectivity index (χ0v) is 4.82. The zero-order valence-electron chi connectivity index (χ0n) is 4.82. The molecule has 1 saturated heterocycles. The fourth-order valence-electron chi connectivity index (χ4n) is 0.795. The van der Waals surface area contributed by atoms with Crippen LogP contribution in [0.3, 0.4) is 0 Å². The lowest BCUT2D eigenvalue weighted by molar-refractivity contribution is 0.201. The molecule has 46 valence electrons. The molecule has 3 heteroatoms. The second kappa shape index (κ2) is 1.82. The van der Waals surface area contributed by atoms with Crippen molar-refractivity contribution >= 4 is 5.71 Å². The summed E-state index contributed by atoms with van der Waals surface area (Å²) in [6.07, 6.45) is -0.507. The van der Waals surface area contributed by atoms with Crippen molar-refractivity contribution in [3.8, 4) is 0 Å². The van der Waals surface area contributed by atoms with Crippen LogP contribution < -0.4 is 0 Å². The highest BCUT2D eigenvalue weighted by atomic mass is 19.1. The van der Waals surface area contributed by atoms with Gasteiger partial charge in [-0.1, -0.05) is 0 Å². The monoisotopic (exact) mass is 116 g/mol. The van der Waals surface area contributed by atoms with Gasteiger partial charge in [-0.15, -0.1) is 0 Å². The minimum Gasteiger partial charge on any atom is -0.305 e. The van der Waals surface area contributed by atoms with Gasteiger partial charge in [0.25, 0.3) is 0 Å². The van der Waals surface area contributed by atoms with Crippen molar-refractivity contribution in [2.24, 2.45) is 0 Å². The Hall–Kier alpha value is -0.440. The smallest absolute Gasteiger partial charge is 0.191 e. The fraction of sp³-hybridized carbons (Fsp3) is 0.800. The SMILES string of the molecule is CN1CCC(=N)C1F. The molecule has 0 aromatic rings. The van der Waals surface area contributed by atoms with Crippen LogP contribution in [0.5, 0.6) is 0 Å². The first kappa shape index (κ1) is 5.69. The quantitative estimate of drug-likeness (QED) is 0.462. The van der Waals surface area contributed by atoms with Crippen LogP contribution in [0.4, 0.5) is 4.39 Å². The predicted molar refractivity (Wildman–Crippen MR) is 29.9 cm³/mol. The van der Waals surface area contributed by atoms with Crippen LogP contribution in [0, 0.1) is 5.41 Å². The fourth-order valence-corrected chi connectivity index (χ4v) is 0.795. The van der Waals surface area contributed by atoms with Gasteiger partial charge in [-0.3, -0.25) is 4.90 Å². The molecule has 0 amide bonds. The molecule has 8 heavy (non-hydrogen) atoms. The Labute approximate surface area is 47.8 Å². The standard InChI is InChI=1S/C5H9FN2/c1-8-3-2-4(7)5(8)6/h5,7H,2-3H2,1H3. The van der Waals surface area contributed by atoms with Crippen molar-refractivity contribution in [2.45, 2.75) is 12.7 Å². The second-order valence-corrected chi connectivity index (χ2v) is 2.09. The summed E-state index contributed by atoms with van der Waals surface area (Å²) >= 11 is 0. The van der Waals surface area contributed by atoms with Crippen LogP contribution in [0.25, 0.3) is 0 Å². The molecule has 1 aliphatic heterocycles. The Bertz CT molecular complexity index is 113. The van der Waals surface area contributed by atoms with Gasteiger partial charge in [0, 0.05) is 13.0 Å². The van der Waals surface area contributed by atoms with E-state index in [1.807, 2.05) is 0 Å². The molecular formula is C5H9FN2. The molecule has 1 aliphatic rings. The van der Waals surface area contributed by atoms with E-state index in [2.05, 4.69) is 0 Å². The minimum atomic E-state index is -1.10. The van der Waals surface area contributed by atoms with Gasteiger partial charge in [-0.05, 0) is 7.05 Å². The lowest BCUT2D eigenvalue weighted by Gasteiger charge is -2.08. The average Bonchev–Trinajstić information content (AvgIpc) is 1.98. The van der Waals surface area contributed by atoms with Crippen LogP contribution in [0.1, 0.15) is 6.42 Å². The van der Waals surface area contributed by atoms with Crippen LogP contribution in [0.2, 0.25) is 0 Å². The van der Waals surface area contributed by atoms with Gasteiger partial charge in [0.15, 0.2) is 6.30 Å². The minimum absolute atomic E-state index is 0.215. The Morgan fingerprint density at radius 1 is 1.88 bits per heavy atom. The van der Waals surface area contributed by atoms with E-state index < -0.39 is 6.30 Å². The lowest BCUT2D eigenvalue weighted by atomic mass is 10.3. The molecule has 0 aromatic heterocycles. The van der Waals surface area contributed by atoms with E-state index in [-0.39, 0.29) is 5.71 Å². The molecule has 0 spiro atoms. The van der Waals surface area contributed by atoms with E-state index in [0.717, 1.165) is 0 Å². The van der Waals surface area contributed by atoms with E-state index in [1.54, 1.807) is 7.05 Å². The molecular weight excluding hydrogens is 107 g/mol. The summed E-state index contributed by atoms with van der Waals surface area (Å²) in [6, 6.07) is 0. The number of alkyl halides is 1. The molecule has 0 aliphatic carbocycles. The highest BCUT2D eigenvalue weighted by molar-refractivity contribution is 5.87. The Morgan fingerprint density at radius 2 is 2.50 bits per heavy atom. The van der Waals surface area contributed by atoms with E-state index in [0.29, 0.717) is 13.0 Å². The maximum Gasteiger partial charge on any atom is 0.191 e. The maximum atomic E-state index is 12.4. The Morgan fingerprint density at radius 3 is 2.62 bits per heavy atom. The van der Waals surface area contributed by atoms with Crippen molar-refractivity contribution < 1.29 is 4.39 Å². The molecule has 2 nitrogen and oxygen atoms in total. The summed E-state index contributed by atoms with van der Waals surface area (Å²) < 4.78 is 12.4. The third-order valence-electron chi connectivity index (χ3n) is 1.41. The summed E-state index contributed by atoms with van der Waals surface area (Å²) in [7, 11) is 1.69. The molecule has 0 bridgehead atoms. The zero-order chi connectivity index (χ0) is 6.15. The molecule has 0 aromatic carbocycles. The summed E-state index contributed by atoms with van der Waals surface area (Å²) in [5, 5.41) is 6.97. The largest absolute Gasteiger partial charge is 0.305 e. The number of rotatable bonds is 0. The van der Waals surface area contributed by atoms with Crippen LogP contribution >= 0.6 is 0 Å². The lowest BCUT2D eigenvalue weighted by Crippen LogP contribution is -2.23. The first-order valence-electron chi connectivity index (χ1n) is 2.63. The number of likely N-dealkylation sites (tertiary alicyclic amines) is 1. The van der Waals surface area contributed by atoms with Crippen molar-refractivity contribution in [3.63, 3.8) is 0 Å². The molecule has 1 rings (SSSR count). The topological polar surface area (TPSA) is 27.1 Å². The van der Waals surface area contributed by atoms with Gasteiger partial charge in [0.1, 0.15) is 0 Å². The first-order valence-corrected chi connectivity index (χ1v) is 2.63. The van der Waals surface area contributed by atoms with Gasteiger partial charge in [0.05, 0.1) is 5.71 Å². The highest BCUT2D eigenvalue weighted by Crippen LogP contribution is 2.11. The molecule has 1 unspecified atom stereocenters. The maximum absolute atomic E-state index is 12.4. The van der Waals surface area contributed by atoms with Crippen molar-refractivity contribution in [1.82, 2.24) is 4.90 Å². The number of hydrogen-bond acceptors (Lipinski definition) is 2. The molecule has 0 radical (unpaired) electrons. The average molecular weight is 116 g/mol. The van der Waals surface area contributed by atoms with Gasteiger partial charge < -0.3 is 5.41 Å². The third-order valence-corrected chi connectivity index (χ3v) is 1.41. The van der Waals surface area contributed by atoms with Gasteiger partial charge in [-0.2, -0.15) is 0 Å². The predicted octanol–water partition coefficient (Wildman–Crippen LogP) is 0.637. The molecule has 1 N–H and O–H groups in total. The summed E-state index contributed by atoms with van der Waals surface area (Å²) in [6.45, 7) is 0.694. The second-order valence-electron chi connectivity index (χ2n) is 2.09. The molecule has 1 heterocycles. The number of hydrogen-bond donors (Lipinski definition) is 1. The Kier molecular flexibility index (Phi) is 1.29. The van der Waals surface area contributed by atoms with E-state index in [1.165, 1.54) is 4.90 Å². The molecule has 0 saturated carbocycles. The van der Waals surface area contributed by atoms with E-state index >= 15 is 0 Å². The highest BCUT2D eigenvalue weighted by Gasteiger charge is 2.24. The first-order chi connectivity index (χ1) is 3.72. The summed E-state index contributed by atoms with van der Waals surface area (Å²) in [5.74, 6) is 0. The van der Waals surface area contributed by atoms with Gasteiger partial charge in [0.2, 0.25) is 0 Å². The summed E-state index contributed by atoms with van der Waals surface area (Å²) in [4.78, 5) is 1.53. The third kappa shape index (κ3) is 0.733. The van der Waals surface area contributed by atoms with Crippen molar-refractivity contribution in [3.05, 3.63) is 0 Å². The number of halogens is 1. The van der Waals surface area contributed by atoms with E-state index in [4.69, 9.17) is 5.41 Å². The van der Waals surface area contributed by atoms with Crippen LogP contribution in [0.15, 0.2) is 0 Å². The van der Waals surface area contributed by atoms with Crippen molar-refractivity contribution in [2.75, 3.05) is 13.6 Å². The van der Waals surface area contributed by atoms with Gasteiger partial charge >= 0.3 is 0 Å². The number of nitrogens with zero attached hydrogens (tertiary/aromatic N) is 1. The van der Waals surface area contributed by atoms with Gasteiger partial charge in [-0.25, -0.2) is 4.39 Å². The van der Waals surface area contributed by atoms with Crippen LogP contribution in [-0.4, -0.2) is 30.5 Å². The van der Waals surface area contributed by atoms with Crippen molar-refractivity contribution in [1.29, 1.82) is 5.41 Å². The summed E-state index contributed by atoms with van der Waals surface area (Å²) in [5.41, 5.74) is 0.215. The van der Waals surface area contributed by atoms with Crippen LogP contribution in [-0.2, 0) is 0 Å². The molecule has 1 fully saturated rings. The Balaban J connectivity index is 2.56. The number of nitrogens with one attached hydrogen (secondary N) is 1. The van der Waals surface area contributed by atoms with E-state index in [9.17, 15) is 4.39 Å². The normalized spacial score (nSPS) is 31.8. The molecule has 1 atom stereocenters.